The van der Waals surface area contributed by atoms with Gasteiger partial charge in [0.25, 0.3) is 0 Å². The van der Waals surface area contributed by atoms with Gasteiger partial charge in [0.1, 0.15) is 17.1 Å². The van der Waals surface area contributed by atoms with Crippen LogP contribution in [-0.4, -0.2) is 45.9 Å². The van der Waals surface area contributed by atoms with Crippen LogP contribution in [0.15, 0.2) is 12.1 Å². The molecular weight excluding hydrogens is 324 g/mol. The first-order valence-corrected chi connectivity index (χ1v) is 8.08. The van der Waals surface area contributed by atoms with Crippen LogP contribution in [0.1, 0.15) is 29.0 Å². The quantitative estimate of drug-likeness (QED) is 0.580. The average molecular weight is 344 g/mol. The van der Waals surface area contributed by atoms with Gasteiger partial charge in [-0.1, -0.05) is 5.21 Å². The Morgan fingerprint density at radius 3 is 2.80 bits per heavy atom. The normalized spacial score (nSPS) is 19.2. The van der Waals surface area contributed by atoms with Gasteiger partial charge < -0.3 is 9.47 Å². The second kappa shape index (κ2) is 7.00. The van der Waals surface area contributed by atoms with Crippen molar-refractivity contribution < 1.29 is 19.1 Å². The first-order chi connectivity index (χ1) is 12.0. The maximum atomic E-state index is 11.6. The van der Waals surface area contributed by atoms with Crippen LogP contribution in [0, 0.1) is 18.8 Å². The topological polar surface area (TPSA) is 96.2 Å². The van der Waals surface area contributed by atoms with E-state index in [0.29, 0.717) is 41.4 Å². The number of aromatic nitrogens is 4. The number of rotatable bonds is 6. The van der Waals surface area contributed by atoms with Crippen molar-refractivity contribution in [1.82, 2.24) is 20.0 Å². The monoisotopic (exact) mass is 344 g/mol. The Morgan fingerprint density at radius 2 is 2.20 bits per heavy atom. The summed E-state index contributed by atoms with van der Waals surface area (Å²) in [6.07, 6.45) is 2.50. The average Bonchev–Trinajstić information content (AvgIpc) is 2.95. The standard InChI is InChI=1S/C17H20N4O4/c1-10-15(25-9-11-4-5-12(11)17(23)24-3)7-6-13(18-10)16-14(8-22)21(2)20-19-16/h6-8,11-12H,4-5,9H2,1-3H3/t11-,12+/m1/s1. The van der Waals surface area contributed by atoms with E-state index < -0.39 is 0 Å². The molecule has 8 heteroatoms. The Balaban J connectivity index is 1.70. The molecule has 0 spiro atoms. The van der Waals surface area contributed by atoms with Crippen LogP contribution < -0.4 is 4.74 Å². The number of esters is 1. The smallest absolute Gasteiger partial charge is 0.309 e. The fourth-order valence-corrected chi connectivity index (χ4v) is 2.94. The van der Waals surface area contributed by atoms with Crippen molar-refractivity contribution in [2.75, 3.05) is 13.7 Å². The molecule has 2 aromatic rings. The molecule has 0 aliphatic heterocycles. The van der Waals surface area contributed by atoms with Crippen LogP contribution in [0.4, 0.5) is 0 Å². The van der Waals surface area contributed by atoms with E-state index in [0.717, 1.165) is 12.8 Å². The van der Waals surface area contributed by atoms with Gasteiger partial charge in [-0.15, -0.1) is 5.10 Å². The van der Waals surface area contributed by atoms with Crippen LogP contribution in [0.25, 0.3) is 11.4 Å². The zero-order chi connectivity index (χ0) is 18.0. The highest BCUT2D eigenvalue weighted by Crippen LogP contribution is 2.36. The lowest BCUT2D eigenvalue weighted by Gasteiger charge is -2.34. The summed E-state index contributed by atoms with van der Waals surface area (Å²) in [5.41, 5.74) is 2.07. The number of aryl methyl sites for hydroxylation is 2. The van der Waals surface area contributed by atoms with E-state index in [1.807, 2.05) is 6.92 Å². The molecule has 0 saturated heterocycles. The summed E-state index contributed by atoms with van der Waals surface area (Å²) < 4.78 is 12.0. The summed E-state index contributed by atoms with van der Waals surface area (Å²) in [7, 11) is 3.06. The van der Waals surface area contributed by atoms with E-state index in [-0.39, 0.29) is 17.8 Å². The van der Waals surface area contributed by atoms with Gasteiger partial charge in [0, 0.05) is 13.0 Å². The molecule has 2 atom stereocenters. The van der Waals surface area contributed by atoms with E-state index in [2.05, 4.69) is 15.3 Å². The van der Waals surface area contributed by atoms with E-state index in [9.17, 15) is 9.59 Å². The van der Waals surface area contributed by atoms with Gasteiger partial charge in [0.2, 0.25) is 0 Å². The summed E-state index contributed by atoms with van der Waals surface area (Å²) >= 11 is 0. The molecule has 0 unspecified atom stereocenters. The molecule has 0 bridgehead atoms. The number of carbonyl (C=O) groups is 2. The Kier molecular flexibility index (Phi) is 4.78. The third-order valence-electron chi connectivity index (χ3n) is 4.64. The van der Waals surface area contributed by atoms with Crippen LogP contribution >= 0.6 is 0 Å². The minimum atomic E-state index is -0.172. The van der Waals surface area contributed by atoms with Gasteiger partial charge in [-0.2, -0.15) is 0 Å². The largest absolute Gasteiger partial charge is 0.491 e. The fourth-order valence-electron chi connectivity index (χ4n) is 2.94. The Morgan fingerprint density at radius 1 is 1.40 bits per heavy atom. The summed E-state index contributed by atoms with van der Waals surface area (Å²) in [6, 6.07) is 3.55. The molecule has 0 amide bonds. The molecule has 1 saturated carbocycles. The highest BCUT2D eigenvalue weighted by atomic mass is 16.5. The number of aldehydes is 1. The predicted octanol–water partition coefficient (Wildman–Crippen LogP) is 1.58. The Labute approximate surface area is 145 Å². The van der Waals surface area contributed by atoms with Gasteiger partial charge in [-0.25, -0.2) is 9.67 Å². The van der Waals surface area contributed by atoms with Crippen LogP contribution in [-0.2, 0) is 16.6 Å². The number of pyridine rings is 1. The third-order valence-corrected chi connectivity index (χ3v) is 4.64. The zero-order valence-corrected chi connectivity index (χ0v) is 14.4. The summed E-state index contributed by atoms with van der Waals surface area (Å²) in [5, 5.41) is 7.84. The second-order valence-electron chi connectivity index (χ2n) is 6.12. The molecule has 1 aliphatic carbocycles. The molecule has 1 aliphatic rings. The molecule has 2 heterocycles. The van der Waals surface area contributed by atoms with Gasteiger partial charge in [0.05, 0.1) is 31.0 Å². The molecule has 132 valence electrons. The summed E-state index contributed by atoms with van der Waals surface area (Å²) in [4.78, 5) is 27.3. The van der Waals surface area contributed by atoms with E-state index in [4.69, 9.17) is 9.47 Å². The van der Waals surface area contributed by atoms with Crippen molar-refractivity contribution in [2.45, 2.75) is 19.8 Å². The molecule has 2 aromatic heterocycles. The fraction of sp³-hybridized carbons (Fsp3) is 0.471. The maximum Gasteiger partial charge on any atom is 0.309 e. The van der Waals surface area contributed by atoms with Crippen LogP contribution in [0.3, 0.4) is 0 Å². The van der Waals surface area contributed by atoms with Crippen molar-refractivity contribution in [3.05, 3.63) is 23.5 Å². The van der Waals surface area contributed by atoms with Crippen LogP contribution in [0.2, 0.25) is 0 Å². The minimum Gasteiger partial charge on any atom is -0.491 e. The number of nitrogens with zero attached hydrogens (tertiary/aromatic N) is 4. The Bertz CT molecular complexity index is 802. The Hall–Kier alpha value is -2.77. The third kappa shape index (κ3) is 3.24. The zero-order valence-electron chi connectivity index (χ0n) is 14.4. The van der Waals surface area contributed by atoms with Gasteiger partial charge in [-0.3, -0.25) is 9.59 Å². The molecule has 0 aromatic carbocycles. The summed E-state index contributed by atoms with van der Waals surface area (Å²) in [5.74, 6) is 0.574. The minimum absolute atomic E-state index is 0.0766. The highest BCUT2D eigenvalue weighted by molar-refractivity contribution is 5.82. The van der Waals surface area contributed by atoms with Gasteiger partial charge >= 0.3 is 5.97 Å². The van der Waals surface area contributed by atoms with Crippen molar-refractivity contribution in [3.8, 4) is 17.1 Å². The molecule has 0 N–H and O–H groups in total. The van der Waals surface area contributed by atoms with E-state index in [1.165, 1.54) is 11.8 Å². The lowest BCUT2D eigenvalue weighted by atomic mass is 9.74. The maximum absolute atomic E-state index is 11.6. The van der Waals surface area contributed by atoms with Crippen molar-refractivity contribution in [3.63, 3.8) is 0 Å². The summed E-state index contributed by atoms with van der Waals surface area (Å²) in [6.45, 7) is 2.28. The first-order valence-electron chi connectivity index (χ1n) is 8.08. The second-order valence-corrected chi connectivity index (χ2v) is 6.12. The SMILES string of the molecule is COC(=O)[C@H]1CC[C@@H]1COc1ccc(-c2nnn(C)c2C=O)nc1C. The van der Waals surface area contributed by atoms with Gasteiger partial charge in [0.15, 0.2) is 6.29 Å². The highest BCUT2D eigenvalue weighted by Gasteiger charge is 2.37. The number of hydrogen-bond donors (Lipinski definition) is 0. The van der Waals surface area contributed by atoms with E-state index in [1.54, 1.807) is 19.2 Å². The predicted molar refractivity (Wildman–Crippen MR) is 88.1 cm³/mol. The molecule has 8 nitrogen and oxygen atoms in total. The van der Waals surface area contributed by atoms with Crippen molar-refractivity contribution in [2.24, 2.45) is 18.9 Å². The molecule has 1 fully saturated rings. The van der Waals surface area contributed by atoms with Crippen LogP contribution in [0.5, 0.6) is 5.75 Å². The molecule has 25 heavy (non-hydrogen) atoms. The molecule has 3 rings (SSSR count). The number of methoxy groups -OCH3 is 1. The van der Waals surface area contributed by atoms with Crippen molar-refractivity contribution >= 4 is 12.3 Å². The molecular formula is C17H20N4O4. The lowest BCUT2D eigenvalue weighted by molar-refractivity contribution is -0.152. The first kappa shape index (κ1) is 17.1. The van der Waals surface area contributed by atoms with E-state index >= 15 is 0 Å². The number of hydrogen-bond acceptors (Lipinski definition) is 7. The van der Waals surface area contributed by atoms with Gasteiger partial charge in [-0.05, 0) is 31.9 Å². The lowest BCUT2D eigenvalue weighted by Crippen LogP contribution is -2.37. The molecule has 0 radical (unpaired) electrons. The van der Waals surface area contributed by atoms with Crippen molar-refractivity contribution in [1.29, 1.82) is 0 Å². The number of ether oxygens (including phenoxy) is 2. The number of carbonyl (C=O) groups excluding carboxylic acids is 2.